The molecule has 0 aromatic carbocycles. The van der Waals surface area contributed by atoms with Gasteiger partial charge in [-0.3, -0.25) is 0 Å². The Morgan fingerprint density at radius 1 is 1.32 bits per heavy atom. The summed E-state index contributed by atoms with van der Waals surface area (Å²) in [6.45, 7) is 3.61. The molecule has 2 heterocycles. The summed E-state index contributed by atoms with van der Waals surface area (Å²) in [4.78, 5) is 8.25. The normalized spacial score (nSPS) is 21.2. The predicted octanol–water partition coefficient (Wildman–Crippen LogP) is 1.15. The van der Waals surface area contributed by atoms with Gasteiger partial charge in [-0.1, -0.05) is 6.92 Å². The van der Waals surface area contributed by atoms with Crippen molar-refractivity contribution in [3.8, 4) is 0 Å². The van der Waals surface area contributed by atoms with Gasteiger partial charge in [-0.2, -0.15) is 0 Å². The van der Waals surface area contributed by atoms with E-state index < -0.39 is 9.84 Å². The van der Waals surface area contributed by atoms with Crippen LogP contribution in [-0.2, 0) is 9.84 Å². The van der Waals surface area contributed by atoms with Crippen molar-refractivity contribution in [3.63, 3.8) is 0 Å². The molecule has 0 bridgehead atoms. The number of hydrogen-bond acceptors (Lipinski definition) is 6. The largest absolute Gasteiger partial charge is 0.370 e. The predicted molar refractivity (Wildman–Crippen MR) is 76.1 cm³/mol. The molecule has 1 aromatic rings. The van der Waals surface area contributed by atoms with Crippen molar-refractivity contribution in [1.82, 2.24) is 9.97 Å². The highest BCUT2D eigenvalue weighted by Crippen LogP contribution is 2.19. The van der Waals surface area contributed by atoms with Gasteiger partial charge in [0, 0.05) is 19.2 Å². The molecule has 0 radical (unpaired) electrons. The zero-order chi connectivity index (χ0) is 13.7. The number of aromatic nitrogens is 2. The van der Waals surface area contributed by atoms with E-state index in [9.17, 15) is 8.42 Å². The molecule has 0 spiro atoms. The lowest BCUT2D eigenvalue weighted by atomic mass is 10.1. The fraction of sp³-hybridized carbons (Fsp3) is 0.667. The number of nitrogens with one attached hydrogen (secondary N) is 2. The van der Waals surface area contributed by atoms with E-state index in [1.54, 1.807) is 0 Å². The first-order valence-electron chi connectivity index (χ1n) is 6.59. The first kappa shape index (κ1) is 14.0. The van der Waals surface area contributed by atoms with Crippen LogP contribution in [0, 0.1) is 5.92 Å². The molecule has 1 aliphatic rings. The van der Waals surface area contributed by atoms with Gasteiger partial charge in [0.25, 0.3) is 0 Å². The van der Waals surface area contributed by atoms with Crippen molar-refractivity contribution in [3.05, 3.63) is 12.4 Å². The molecule has 106 valence electrons. The van der Waals surface area contributed by atoms with Crippen LogP contribution in [-0.4, -0.2) is 43.0 Å². The molecule has 0 aliphatic carbocycles. The molecular weight excluding hydrogens is 264 g/mol. The van der Waals surface area contributed by atoms with E-state index in [4.69, 9.17) is 0 Å². The zero-order valence-corrected chi connectivity index (χ0v) is 11.9. The van der Waals surface area contributed by atoms with Gasteiger partial charge in [-0.15, -0.1) is 0 Å². The van der Waals surface area contributed by atoms with Gasteiger partial charge in [-0.25, -0.2) is 18.4 Å². The number of hydrogen-bond donors (Lipinski definition) is 2. The Kier molecular flexibility index (Phi) is 4.57. The lowest BCUT2D eigenvalue weighted by Gasteiger charge is -2.11. The SMILES string of the molecule is CCCNc1cc(NCC2CCS(=O)(=O)C2)ncn1. The summed E-state index contributed by atoms with van der Waals surface area (Å²) < 4.78 is 22.7. The second-order valence-electron chi connectivity index (χ2n) is 4.87. The van der Waals surface area contributed by atoms with Gasteiger partial charge in [0.05, 0.1) is 11.5 Å². The molecule has 7 heteroatoms. The lowest BCUT2D eigenvalue weighted by Crippen LogP contribution is -2.16. The van der Waals surface area contributed by atoms with Crippen LogP contribution in [0.4, 0.5) is 11.6 Å². The molecule has 1 saturated heterocycles. The average Bonchev–Trinajstić information content (AvgIpc) is 2.74. The summed E-state index contributed by atoms with van der Waals surface area (Å²) in [7, 11) is -2.81. The maximum atomic E-state index is 11.4. The van der Waals surface area contributed by atoms with Gasteiger partial charge < -0.3 is 10.6 Å². The Morgan fingerprint density at radius 3 is 2.68 bits per heavy atom. The van der Waals surface area contributed by atoms with Gasteiger partial charge in [0.2, 0.25) is 0 Å². The standard InChI is InChI=1S/C12H20N4O2S/c1-2-4-13-11-6-12(16-9-15-11)14-7-10-3-5-19(17,18)8-10/h6,9-10H,2-5,7-8H2,1H3,(H2,13,14,15,16). The smallest absolute Gasteiger partial charge is 0.150 e. The van der Waals surface area contributed by atoms with Crippen LogP contribution < -0.4 is 10.6 Å². The van der Waals surface area contributed by atoms with Crippen LogP contribution in [0.2, 0.25) is 0 Å². The fourth-order valence-corrected chi connectivity index (χ4v) is 3.95. The molecule has 19 heavy (non-hydrogen) atoms. The second-order valence-corrected chi connectivity index (χ2v) is 7.09. The molecule has 1 atom stereocenters. The highest BCUT2D eigenvalue weighted by Gasteiger charge is 2.27. The van der Waals surface area contributed by atoms with E-state index in [0.29, 0.717) is 12.3 Å². The summed E-state index contributed by atoms with van der Waals surface area (Å²) in [5.74, 6) is 2.31. The third kappa shape index (κ3) is 4.34. The molecule has 0 amide bonds. The van der Waals surface area contributed by atoms with Crippen molar-refractivity contribution in [2.24, 2.45) is 5.92 Å². The topological polar surface area (TPSA) is 84.0 Å². The quantitative estimate of drug-likeness (QED) is 0.815. The third-order valence-electron chi connectivity index (χ3n) is 3.12. The van der Waals surface area contributed by atoms with E-state index >= 15 is 0 Å². The number of anilines is 2. The summed E-state index contributed by atoms with van der Waals surface area (Å²) >= 11 is 0. The number of sulfone groups is 1. The monoisotopic (exact) mass is 284 g/mol. The van der Waals surface area contributed by atoms with E-state index in [1.807, 2.05) is 6.07 Å². The fourth-order valence-electron chi connectivity index (χ4n) is 2.09. The minimum Gasteiger partial charge on any atom is -0.370 e. The maximum Gasteiger partial charge on any atom is 0.150 e. The first-order valence-corrected chi connectivity index (χ1v) is 8.41. The van der Waals surface area contributed by atoms with Crippen LogP contribution in [0.5, 0.6) is 0 Å². The minimum absolute atomic E-state index is 0.187. The number of rotatable bonds is 6. The van der Waals surface area contributed by atoms with Gasteiger partial charge in [0.1, 0.15) is 18.0 Å². The third-order valence-corrected chi connectivity index (χ3v) is 4.96. The Hall–Kier alpha value is -1.37. The summed E-state index contributed by atoms with van der Waals surface area (Å²) in [6, 6.07) is 1.85. The highest BCUT2D eigenvalue weighted by molar-refractivity contribution is 7.91. The summed E-state index contributed by atoms with van der Waals surface area (Å²) in [5, 5.41) is 6.37. The molecule has 0 saturated carbocycles. The maximum absolute atomic E-state index is 11.4. The molecule has 1 unspecified atom stereocenters. The molecule has 1 aromatic heterocycles. The van der Waals surface area contributed by atoms with Crippen LogP contribution in [0.25, 0.3) is 0 Å². The zero-order valence-electron chi connectivity index (χ0n) is 11.1. The van der Waals surface area contributed by atoms with E-state index in [1.165, 1.54) is 6.33 Å². The number of nitrogens with zero attached hydrogens (tertiary/aromatic N) is 2. The van der Waals surface area contributed by atoms with Crippen molar-refractivity contribution < 1.29 is 8.42 Å². The summed E-state index contributed by atoms with van der Waals surface area (Å²) in [6.07, 6.45) is 3.28. The van der Waals surface area contributed by atoms with E-state index in [0.717, 1.165) is 31.0 Å². The van der Waals surface area contributed by atoms with Gasteiger partial charge in [0.15, 0.2) is 9.84 Å². The Balaban J connectivity index is 1.86. The van der Waals surface area contributed by atoms with Crippen LogP contribution >= 0.6 is 0 Å². The van der Waals surface area contributed by atoms with Gasteiger partial charge in [-0.05, 0) is 18.8 Å². The first-order chi connectivity index (χ1) is 9.09. The lowest BCUT2D eigenvalue weighted by molar-refractivity contribution is 0.595. The highest BCUT2D eigenvalue weighted by atomic mass is 32.2. The van der Waals surface area contributed by atoms with Crippen molar-refractivity contribution >= 4 is 21.5 Å². The molecule has 6 nitrogen and oxygen atoms in total. The van der Waals surface area contributed by atoms with Crippen molar-refractivity contribution in [2.45, 2.75) is 19.8 Å². The van der Waals surface area contributed by atoms with Crippen molar-refractivity contribution in [1.29, 1.82) is 0 Å². The molecule has 1 aliphatic heterocycles. The molecular formula is C12H20N4O2S. The van der Waals surface area contributed by atoms with Crippen LogP contribution in [0.3, 0.4) is 0 Å². The molecule has 2 rings (SSSR count). The Labute approximate surface area is 114 Å². The molecule has 2 N–H and O–H groups in total. The van der Waals surface area contributed by atoms with Crippen LogP contribution in [0.1, 0.15) is 19.8 Å². The van der Waals surface area contributed by atoms with Gasteiger partial charge >= 0.3 is 0 Å². The second kappa shape index (κ2) is 6.18. The van der Waals surface area contributed by atoms with E-state index in [2.05, 4.69) is 27.5 Å². The molecule has 1 fully saturated rings. The summed E-state index contributed by atoms with van der Waals surface area (Å²) in [5.41, 5.74) is 0. The Morgan fingerprint density at radius 2 is 2.05 bits per heavy atom. The van der Waals surface area contributed by atoms with Crippen LogP contribution in [0.15, 0.2) is 12.4 Å². The van der Waals surface area contributed by atoms with Crippen molar-refractivity contribution in [2.75, 3.05) is 35.2 Å². The minimum atomic E-state index is -2.81. The van der Waals surface area contributed by atoms with E-state index in [-0.39, 0.29) is 11.7 Å². The Bertz CT molecular complexity index is 518. The average molecular weight is 284 g/mol.